The van der Waals surface area contributed by atoms with Gasteiger partial charge in [-0.15, -0.1) is 0 Å². The molecule has 14 rings (SSSR count). The van der Waals surface area contributed by atoms with Gasteiger partial charge in [0.1, 0.15) is 0 Å². The van der Waals surface area contributed by atoms with Crippen molar-refractivity contribution in [3.8, 4) is 44.5 Å². The summed E-state index contributed by atoms with van der Waals surface area (Å²) >= 11 is 0. The van der Waals surface area contributed by atoms with Crippen LogP contribution in [-0.4, -0.2) is 13.4 Å². The average molecular weight is 1050 g/mol. The minimum Gasteiger partial charge on any atom is -0.310 e. The Hall–Kier alpha value is -9.43. The quantitative estimate of drug-likeness (QED) is 0.130. The molecule has 0 N–H and O–H groups in total. The van der Waals surface area contributed by atoms with Crippen LogP contribution in [0.4, 0.5) is 17.1 Å². The van der Waals surface area contributed by atoms with E-state index in [0.29, 0.717) is 0 Å². The van der Waals surface area contributed by atoms with Crippen LogP contribution in [0.1, 0.15) is 55.6 Å². The molecule has 2 aliphatic rings. The Morgan fingerprint density at radius 1 is 0.293 bits per heavy atom. The van der Waals surface area contributed by atoms with E-state index in [4.69, 9.17) is 0 Å². The molecule has 0 saturated heterocycles. The molecule has 3 heteroatoms. The van der Waals surface area contributed by atoms with E-state index in [2.05, 4.69) is 319 Å². The first kappa shape index (κ1) is 50.8. The highest BCUT2D eigenvalue weighted by molar-refractivity contribution is 6.99. The van der Waals surface area contributed by atoms with Gasteiger partial charge in [0.15, 0.2) is 0 Å². The molecule has 0 aromatic heterocycles. The molecule has 0 atom stereocenters. The summed E-state index contributed by atoms with van der Waals surface area (Å²) < 4.78 is 0. The predicted molar refractivity (Wildman–Crippen MR) is 352 cm³/mol. The van der Waals surface area contributed by atoms with Gasteiger partial charge < -0.3 is 4.90 Å². The molecule has 82 heavy (non-hydrogen) atoms. The van der Waals surface area contributed by atoms with Crippen molar-refractivity contribution >= 4 is 63.3 Å². The lowest BCUT2D eigenvalue weighted by atomic mass is 9.28. The molecular formula is C79H63B2N. The van der Waals surface area contributed by atoms with Gasteiger partial charge in [-0.3, -0.25) is 0 Å². The van der Waals surface area contributed by atoms with Gasteiger partial charge in [0, 0.05) is 5.69 Å². The lowest BCUT2D eigenvalue weighted by Crippen LogP contribution is -2.65. The molecule has 0 bridgehead atoms. The number of rotatable bonds is 9. The number of benzene rings is 12. The fourth-order valence-corrected chi connectivity index (χ4v) is 14.5. The van der Waals surface area contributed by atoms with Crippen LogP contribution in [0.2, 0.25) is 0 Å². The van der Waals surface area contributed by atoms with Gasteiger partial charge >= 0.3 is 0 Å². The van der Waals surface area contributed by atoms with Gasteiger partial charge in [0.25, 0.3) is 0 Å². The highest BCUT2D eigenvalue weighted by atomic mass is 15.2. The van der Waals surface area contributed by atoms with E-state index in [0.717, 1.165) is 17.1 Å². The van der Waals surface area contributed by atoms with E-state index < -0.39 is 5.41 Å². The van der Waals surface area contributed by atoms with Crippen molar-refractivity contribution in [2.24, 2.45) is 0 Å². The van der Waals surface area contributed by atoms with E-state index in [9.17, 15) is 0 Å². The van der Waals surface area contributed by atoms with Gasteiger partial charge in [-0.2, -0.15) is 0 Å². The van der Waals surface area contributed by atoms with Crippen LogP contribution in [0.15, 0.2) is 273 Å². The third-order valence-electron chi connectivity index (χ3n) is 18.2. The second-order valence-corrected chi connectivity index (χ2v) is 23.0. The average Bonchev–Trinajstić information content (AvgIpc) is 0.912. The van der Waals surface area contributed by atoms with Gasteiger partial charge in [-0.25, -0.2) is 0 Å². The third kappa shape index (κ3) is 8.32. The van der Waals surface area contributed by atoms with Crippen LogP contribution in [0, 0.1) is 41.5 Å². The largest absolute Gasteiger partial charge is 0.310 e. The standard InChI is InChI=1S/C79H63B2N/c1-52-22-19-23-53(2)76(52)80(77-54(3)24-20-25-55(77)4)66-41-44-68-73(51-66)81(78-56(5)26-21-27-57(78)6)72-45-38-63(59-30-13-8-14-31-59)48-69(72)79(68)70-49-64(60-32-15-9-16-33-60)39-46-74(70)82(67-42-36-62(37-43-67)58-28-11-7-12-29-58)75-47-40-65(50-71(75)79)61-34-17-10-18-35-61/h7-51H,1-6H3. The molecule has 0 amide bonds. The van der Waals surface area contributed by atoms with Gasteiger partial charge in [-0.05, 0) is 145 Å². The molecule has 0 radical (unpaired) electrons. The van der Waals surface area contributed by atoms with Crippen molar-refractivity contribution in [3.63, 3.8) is 0 Å². The summed E-state index contributed by atoms with van der Waals surface area (Å²) in [4.78, 5) is 2.55. The Morgan fingerprint density at radius 3 is 1.12 bits per heavy atom. The highest BCUT2D eigenvalue weighted by Crippen LogP contribution is 2.59. The minimum atomic E-state index is -0.839. The maximum atomic E-state index is 2.67. The Labute approximate surface area is 485 Å². The van der Waals surface area contributed by atoms with Gasteiger partial charge in [0.2, 0.25) is 13.4 Å². The van der Waals surface area contributed by atoms with E-state index in [-0.39, 0.29) is 13.4 Å². The second-order valence-electron chi connectivity index (χ2n) is 23.0. The van der Waals surface area contributed by atoms with E-state index in [1.807, 2.05) is 0 Å². The van der Waals surface area contributed by atoms with Crippen LogP contribution in [0.25, 0.3) is 44.5 Å². The zero-order valence-corrected chi connectivity index (χ0v) is 47.6. The number of fused-ring (bicyclic) bond motifs is 8. The summed E-state index contributed by atoms with van der Waals surface area (Å²) in [5.74, 6) is 0. The van der Waals surface area contributed by atoms with Gasteiger partial charge in [-0.1, -0.05) is 303 Å². The first-order valence-electron chi connectivity index (χ1n) is 29.1. The first-order valence-corrected chi connectivity index (χ1v) is 29.1. The molecule has 0 aliphatic carbocycles. The zero-order chi connectivity index (χ0) is 55.6. The smallest absolute Gasteiger partial charge is 0.242 e. The van der Waals surface area contributed by atoms with Crippen molar-refractivity contribution < 1.29 is 0 Å². The van der Waals surface area contributed by atoms with Crippen molar-refractivity contribution in [3.05, 3.63) is 329 Å². The lowest BCUT2D eigenvalue weighted by Gasteiger charge is -2.51. The molecule has 2 heterocycles. The number of hydrogen-bond donors (Lipinski definition) is 0. The Morgan fingerprint density at radius 2 is 0.671 bits per heavy atom. The second kappa shape index (κ2) is 20.6. The van der Waals surface area contributed by atoms with Crippen LogP contribution in [0.3, 0.4) is 0 Å². The SMILES string of the molecule is Cc1cccc(C)c1B1c2cc(B(c3c(C)cccc3C)c3c(C)cccc3C)ccc2C2(c3cc(-c4ccccc4)ccc31)c1cc(-c3ccccc3)ccc1N(c1ccc(-c3ccccc3)cc1)c1ccc(-c3ccccc3)cc12. The molecule has 12 aromatic rings. The molecule has 0 unspecified atom stereocenters. The fraction of sp³-hybridized carbons (Fsp3) is 0.0886. The normalized spacial score (nSPS) is 12.8. The molecule has 1 nitrogen and oxygen atoms in total. The molecule has 0 saturated carbocycles. The monoisotopic (exact) mass is 1050 g/mol. The van der Waals surface area contributed by atoms with E-state index in [1.54, 1.807) is 0 Å². The summed E-state index contributed by atoms with van der Waals surface area (Å²) in [6, 6.07) is 103. The predicted octanol–water partition coefficient (Wildman–Crippen LogP) is 15.7. The fourth-order valence-electron chi connectivity index (χ4n) is 14.5. The molecule has 12 aromatic carbocycles. The number of nitrogens with zero attached hydrogens (tertiary/aromatic N) is 1. The Bertz CT molecular complexity index is 4190. The van der Waals surface area contributed by atoms with Crippen LogP contribution in [-0.2, 0) is 5.41 Å². The third-order valence-corrected chi connectivity index (χ3v) is 18.2. The zero-order valence-electron chi connectivity index (χ0n) is 47.6. The van der Waals surface area contributed by atoms with Crippen LogP contribution in [0.5, 0.6) is 0 Å². The molecular weight excluding hydrogens is 984 g/mol. The van der Waals surface area contributed by atoms with Crippen molar-refractivity contribution in [2.45, 2.75) is 47.0 Å². The van der Waals surface area contributed by atoms with Crippen LogP contribution < -0.4 is 37.7 Å². The summed E-state index contributed by atoms with van der Waals surface area (Å²) in [6.45, 7) is 13.8. The van der Waals surface area contributed by atoms with E-state index >= 15 is 0 Å². The van der Waals surface area contributed by atoms with Gasteiger partial charge in [0.05, 0.1) is 16.8 Å². The number of hydrogen-bond acceptors (Lipinski definition) is 1. The van der Waals surface area contributed by atoms with Crippen LogP contribution >= 0.6 is 0 Å². The summed E-state index contributed by atoms with van der Waals surface area (Å²) in [5, 5.41) is 0. The minimum absolute atomic E-state index is 0.0150. The molecule has 390 valence electrons. The molecule has 2 aliphatic heterocycles. The summed E-state index contributed by atoms with van der Waals surface area (Å²) in [5.41, 5.74) is 33.1. The number of anilines is 3. The Kier molecular flexibility index (Phi) is 12.7. The maximum Gasteiger partial charge on any atom is 0.242 e. The lowest BCUT2D eigenvalue weighted by molar-refractivity contribution is 0.738. The summed E-state index contributed by atoms with van der Waals surface area (Å²) in [6.07, 6.45) is 0. The summed E-state index contributed by atoms with van der Waals surface area (Å²) in [7, 11) is 0. The molecule has 0 fully saturated rings. The Balaban J connectivity index is 1.16. The first-order chi connectivity index (χ1) is 40.2. The van der Waals surface area contributed by atoms with Crippen molar-refractivity contribution in [1.29, 1.82) is 0 Å². The molecule has 1 spiro atoms. The highest BCUT2D eigenvalue weighted by Gasteiger charge is 2.54. The van der Waals surface area contributed by atoms with Crippen molar-refractivity contribution in [1.82, 2.24) is 0 Å². The topological polar surface area (TPSA) is 3.24 Å². The number of aryl methyl sites for hydroxylation is 6. The van der Waals surface area contributed by atoms with Crippen molar-refractivity contribution in [2.75, 3.05) is 4.90 Å². The van der Waals surface area contributed by atoms with E-state index in [1.165, 1.54) is 133 Å². The maximum absolute atomic E-state index is 2.67.